The van der Waals surface area contributed by atoms with Crippen molar-refractivity contribution in [3.05, 3.63) is 144 Å². The molecular formula is C34H37N3. The monoisotopic (exact) mass is 487 g/mol. The average molecular weight is 488 g/mol. The van der Waals surface area contributed by atoms with Crippen LogP contribution in [0.4, 0.5) is 5.69 Å². The molecule has 0 aliphatic carbocycles. The summed E-state index contributed by atoms with van der Waals surface area (Å²) >= 11 is 0. The molecule has 1 saturated heterocycles. The van der Waals surface area contributed by atoms with E-state index in [0.29, 0.717) is 0 Å². The zero-order chi connectivity index (χ0) is 25.8. The summed E-state index contributed by atoms with van der Waals surface area (Å²) in [6, 6.07) is 17.1. The largest absolute Gasteiger partial charge is 0.355 e. The van der Waals surface area contributed by atoms with Crippen molar-refractivity contribution >= 4 is 11.3 Å². The number of likely N-dealkylation sites (tertiary alicyclic amines) is 1. The van der Waals surface area contributed by atoms with Gasteiger partial charge < -0.3 is 15.1 Å². The van der Waals surface area contributed by atoms with Crippen molar-refractivity contribution in [2.45, 2.75) is 26.2 Å². The molecule has 1 N–H and O–H groups in total. The van der Waals surface area contributed by atoms with Crippen LogP contribution < -0.4 is 5.32 Å². The minimum atomic E-state index is 0.870. The van der Waals surface area contributed by atoms with Crippen LogP contribution in [-0.4, -0.2) is 36.0 Å². The molecule has 5 rings (SSSR count). The second kappa shape index (κ2) is 11.1. The van der Waals surface area contributed by atoms with E-state index in [1.165, 1.54) is 54.6 Å². The number of benzene rings is 2. The van der Waals surface area contributed by atoms with Crippen LogP contribution in [0.25, 0.3) is 5.57 Å². The minimum absolute atomic E-state index is 0.870. The van der Waals surface area contributed by atoms with Crippen molar-refractivity contribution in [1.82, 2.24) is 9.80 Å². The van der Waals surface area contributed by atoms with Crippen molar-refractivity contribution in [3.8, 4) is 0 Å². The second-order valence-electron chi connectivity index (χ2n) is 10.2. The van der Waals surface area contributed by atoms with Crippen molar-refractivity contribution in [2.75, 3.05) is 31.5 Å². The number of aryl methyl sites for hydroxylation is 1. The molecule has 2 aromatic rings. The Labute approximate surface area is 222 Å². The Morgan fingerprint density at radius 1 is 0.973 bits per heavy atom. The molecule has 3 aliphatic heterocycles. The summed E-state index contributed by atoms with van der Waals surface area (Å²) in [5, 5.41) is 3.52. The van der Waals surface area contributed by atoms with Gasteiger partial charge in [0.05, 0.1) is 0 Å². The Morgan fingerprint density at radius 2 is 1.76 bits per heavy atom. The average Bonchev–Trinajstić information content (AvgIpc) is 2.92. The Balaban J connectivity index is 1.42. The van der Waals surface area contributed by atoms with E-state index in [2.05, 4.69) is 121 Å². The van der Waals surface area contributed by atoms with Crippen molar-refractivity contribution in [2.24, 2.45) is 0 Å². The summed E-state index contributed by atoms with van der Waals surface area (Å²) in [7, 11) is 0. The zero-order valence-electron chi connectivity index (χ0n) is 22.0. The molecule has 188 valence electrons. The third-order valence-corrected chi connectivity index (χ3v) is 7.39. The van der Waals surface area contributed by atoms with Crippen LogP contribution >= 0.6 is 0 Å². The summed E-state index contributed by atoms with van der Waals surface area (Å²) in [5.74, 6) is 0. The summed E-state index contributed by atoms with van der Waals surface area (Å²) < 4.78 is 0. The van der Waals surface area contributed by atoms with E-state index in [-0.39, 0.29) is 0 Å². The molecule has 2 aromatic carbocycles. The van der Waals surface area contributed by atoms with Gasteiger partial charge in [0.25, 0.3) is 0 Å². The highest BCUT2D eigenvalue weighted by atomic mass is 15.2. The van der Waals surface area contributed by atoms with Gasteiger partial charge in [-0.05, 0) is 67.8 Å². The number of piperidine rings is 1. The number of hydrogen-bond donors (Lipinski definition) is 1. The maximum Gasteiger partial charge on any atom is 0.0464 e. The molecule has 3 heterocycles. The van der Waals surface area contributed by atoms with Gasteiger partial charge in [-0.15, -0.1) is 0 Å². The van der Waals surface area contributed by atoms with Gasteiger partial charge in [0.1, 0.15) is 0 Å². The molecule has 0 spiro atoms. The second-order valence-corrected chi connectivity index (χ2v) is 10.2. The van der Waals surface area contributed by atoms with Gasteiger partial charge in [-0.2, -0.15) is 0 Å². The highest BCUT2D eigenvalue weighted by Crippen LogP contribution is 2.42. The first-order valence-corrected chi connectivity index (χ1v) is 13.3. The lowest BCUT2D eigenvalue weighted by Crippen LogP contribution is -2.36. The molecule has 0 atom stereocenters. The molecule has 0 amide bonds. The lowest BCUT2D eigenvalue weighted by Gasteiger charge is -2.31. The molecule has 0 saturated carbocycles. The van der Waals surface area contributed by atoms with Gasteiger partial charge in [0, 0.05) is 53.1 Å². The van der Waals surface area contributed by atoms with E-state index < -0.39 is 0 Å². The van der Waals surface area contributed by atoms with Crippen LogP contribution in [0, 0.1) is 6.92 Å². The SMILES string of the molecule is C=C(/C=C/C1=CN(CCN2CCCCC2)C(=C)C=C1)C1=C(c2ccccc2)c2cc(C)ccc2NC1=C. The maximum absolute atomic E-state index is 4.48. The van der Waals surface area contributed by atoms with Crippen LogP contribution in [0.5, 0.6) is 0 Å². The summed E-state index contributed by atoms with van der Waals surface area (Å²) in [6.07, 6.45) is 14.7. The Hall–Kier alpha value is -3.82. The van der Waals surface area contributed by atoms with E-state index in [1.807, 2.05) is 0 Å². The Morgan fingerprint density at radius 3 is 2.54 bits per heavy atom. The van der Waals surface area contributed by atoms with Crippen LogP contribution in [0.3, 0.4) is 0 Å². The first-order chi connectivity index (χ1) is 18.0. The van der Waals surface area contributed by atoms with Gasteiger partial charge >= 0.3 is 0 Å². The van der Waals surface area contributed by atoms with Crippen LogP contribution in [0.2, 0.25) is 0 Å². The van der Waals surface area contributed by atoms with E-state index >= 15 is 0 Å². The first kappa shape index (κ1) is 24.9. The maximum atomic E-state index is 4.48. The Bertz CT molecular complexity index is 1330. The van der Waals surface area contributed by atoms with Gasteiger partial charge in [0.2, 0.25) is 0 Å². The topological polar surface area (TPSA) is 18.5 Å². The van der Waals surface area contributed by atoms with E-state index in [1.54, 1.807) is 0 Å². The normalized spacial score (nSPS) is 18.2. The quantitative estimate of drug-likeness (QED) is 0.406. The van der Waals surface area contributed by atoms with Crippen LogP contribution in [0.15, 0.2) is 127 Å². The fourth-order valence-corrected chi connectivity index (χ4v) is 5.36. The first-order valence-electron chi connectivity index (χ1n) is 13.3. The summed E-state index contributed by atoms with van der Waals surface area (Å²) in [5.41, 5.74) is 10.9. The summed E-state index contributed by atoms with van der Waals surface area (Å²) in [4.78, 5) is 4.84. The van der Waals surface area contributed by atoms with Crippen molar-refractivity contribution in [3.63, 3.8) is 0 Å². The third-order valence-electron chi connectivity index (χ3n) is 7.39. The smallest absolute Gasteiger partial charge is 0.0464 e. The number of rotatable bonds is 7. The van der Waals surface area contributed by atoms with E-state index in [4.69, 9.17) is 0 Å². The molecule has 0 radical (unpaired) electrons. The molecule has 0 unspecified atom stereocenters. The number of nitrogens with zero attached hydrogens (tertiary/aromatic N) is 2. The summed E-state index contributed by atoms with van der Waals surface area (Å²) in [6.45, 7) is 19.7. The van der Waals surface area contributed by atoms with Gasteiger partial charge in [-0.1, -0.05) is 86.3 Å². The third kappa shape index (κ3) is 5.63. The van der Waals surface area contributed by atoms with E-state index in [0.717, 1.165) is 46.9 Å². The fourth-order valence-electron chi connectivity index (χ4n) is 5.36. The lowest BCUT2D eigenvalue weighted by molar-refractivity contribution is 0.214. The van der Waals surface area contributed by atoms with Crippen molar-refractivity contribution < 1.29 is 0 Å². The lowest BCUT2D eigenvalue weighted by atomic mass is 9.84. The minimum Gasteiger partial charge on any atom is -0.355 e. The van der Waals surface area contributed by atoms with Gasteiger partial charge in [0.15, 0.2) is 0 Å². The predicted molar refractivity (Wildman–Crippen MR) is 158 cm³/mol. The highest BCUT2D eigenvalue weighted by molar-refractivity contribution is 5.96. The molecular weight excluding hydrogens is 450 g/mol. The van der Waals surface area contributed by atoms with Crippen LogP contribution in [-0.2, 0) is 0 Å². The molecule has 3 heteroatoms. The molecule has 3 aliphatic rings. The van der Waals surface area contributed by atoms with Crippen LogP contribution in [0.1, 0.15) is 36.0 Å². The molecule has 37 heavy (non-hydrogen) atoms. The predicted octanol–water partition coefficient (Wildman–Crippen LogP) is 7.60. The number of hydrogen-bond acceptors (Lipinski definition) is 3. The highest BCUT2D eigenvalue weighted by Gasteiger charge is 2.24. The number of anilines is 1. The molecule has 1 fully saturated rings. The number of nitrogens with one attached hydrogen (secondary N) is 1. The van der Waals surface area contributed by atoms with Gasteiger partial charge in [-0.3, -0.25) is 0 Å². The number of fused-ring (bicyclic) bond motifs is 1. The molecule has 0 aromatic heterocycles. The zero-order valence-corrected chi connectivity index (χ0v) is 22.0. The number of allylic oxidation sites excluding steroid dienone is 6. The van der Waals surface area contributed by atoms with Gasteiger partial charge in [-0.25, -0.2) is 0 Å². The van der Waals surface area contributed by atoms with Crippen molar-refractivity contribution in [1.29, 1.82) is 0 Å². The Kier molecular flexibility index (Phi) is 7.43. The molecule has 0 bridgehead atoms. The molecule has 3 nitrogen and oxygen atoms in total. The standard InChI is InChI=1S/C34H37N3/c1-25-13-18-32-31(23-25)34(30-11-7-5-8-12-30)33(28(4)35-32)26(2)14-16-29-17-15-27(3)37(24-29)22-21-36-19-9-6-10-20-36/h5,7-8,11-18,23-24,35H,2-4,6,9-10,19-22H2,1H3/b16-14+. The fraction of sp³-hybridized carbons (Fsp3) is 0.235. The van der Waals surface area contributed by atoms with E-state index in [9.17, 15) is 0 Å².